The van der Waals surface area contributed by atoms with Crippen molar-refractivity contribution in [3.63, 3.8) is 0 Å². The molecule has 0 aromatic heterocycles. The highest BCUT2D eigenvalue weighted by molar-refractivity contribution is 6.21. The molecule has 0 unspecified atom stereocenters. The van der Waals surface area contributed by atoms with Gasteiger partial charge in [0.2, 0.25) is 11.8 Å². The van der Waals surface area contributed by atoms with Gasteiger partial charge in [-0.15, -0.1) is 0 Å². The molecule has 0 spiro atoms. The summed E-state index contributed by atoms with van der Waals surface area (Å²) >= 11 is 0. The molecule has 0 radical (unpaired) electrons. The molecule has 2 amide bonds. The smallest absolute Gasteiger partial charge is 0.237 e. The van der Waals surface area contributed by atoms with Crippen LogP contribution in [0.15, 0.2) is 60.7 Å². The summed E-state index contributed by atoms with van der Waals surface area (Å²) < 4.78 is 0. The van der Waals surface area contributed by atoms with Crippen molar-refractivity contribution in [2.75, 3.05) is 4.90 Å². The Kier molecular flexibility index (Phi) is 4.98. The van der Waals surface area contributed by atoms with E-state index in [0.717, 1.165) is 11.6 Å². The number of carboxylic acid groups (broad SMARTS) is 1. The lowest BCUT2D eigenvalue weighted by Gasteiger charge is -2.19. The molecule has 5 nitrogen and oxygen atoms in total. The first-order chi connectivity index (χ1) is 12.5. The van der Waals surface area contributed by atoms with Crippen molar-refractivity contribution >= 4 is 29.5 Å². The quantitative estimate of drug-likeness (QED) is 0.613. The van der Waals surface area contributed by atoms with Crippen molar-refractivity contribution in [2.24, 2.45) is 5.92 Å². The lowest BCUT2D eigenvalue weighted by molar-refractivity contribution is -0.297. The van der Waals surface area contributed by atoms with Crippen LogP contribution in [0.1, 0.15) is 30.4 Å². The number of imide groups is 1. The minimum atomic E-state index is -1.31. The van der Waals surface area contributed by atoms with E-state index >= 15 is 0 Å². The maximum Gasteiger partial charge on any atom is 0.237 e. The van der Waals surface area contributed by atoms with Crippen LogP contribution in [0.3, 0.4) is 0 Å². The van der Waals surface area contributed by atoms with Gasteiger partial charge in [-0.2, -0.15) is 0 Å². The molecule has 1 saturated heterocycles. The Morgan fingerprint density at radius 3 is 2.58 bits per heavy atom. The Labute approximate surface area is 151 Å². The van der Waals surface area contributed by atoms with E-state index < -0.39 is 11.9 Å². The number of anilines is 1. The topological polar surface area (TPSA) is 77.5 Å². The van der Waals surface area contributed by atoms with Gasteiger partial charge in [0, 0.05) is 6.42 Å². The zero-order valence-corrected chi connectivity index (χ0v) is 14.3. The normalized spacial score (nSPS) is 18.5. The molecule has 0 aliphatic carbocycles. The predicted molar refractivity (Wildman–Crippen MR) is 95.9 cm³/mol. The second kappa shape index (κ2) is 7.35. The number of hydrogen-bond donors (Lipinski definition) is 0. The van der Waals surface area contributed by atoms with E-state index in [-0.39, 0.29) is 24.2 Å². The Morgan fingerprint density at radius 1 is 1.15 bits per heavy atom. The maximum absolute atomic E-state index is 12.9. The molecule has 2 aromatic carbocycles. The number of amides is 2. The van der Waals surface area contributed by atoms with Gasteiger partial charge in [0.15, 0.2) is 0 Å². The maximum atomic E-state index is 12.9. The van der Waals surface area contributed by atoms with Gasteiger partial charge in [-0.25, -0.2) is 0 Å². The summed E-state index contributed by atoms with van der Waals surface area (Å²) in [6.07, 6.45) is 2.44. The standard InChI is InChI=1S/C21H19NO4/c1-14(16-7-3-2-4-8-16)18-13-19(23)22(21(18)26)17-9-5-6-15(12-17)10-11-20(24)25/h2-12,14,18H,13H2,1H3,(H,24,25)/p-1/b11-10+/t14-,18-/m1/s1. The minimum absolute atomic E-state index is 0.0705. The Bertz CT molecular complexity index is 873. The van der Waals surface area contributed by atoms with Crippen LogP contribution in [-0.4, -0.2) is 17.8 Å². The van der Waals surface area contributed by atoms with Crippen molar-refractivity contribution in [2.45, 2.75) is 19.3 Å². The highest BCUT2D eigenvalue weighted by Gasteiger charge is 2.42. The van der Waals surface area contributed by atoms with Gasteiger partial charge in [-0.1, -0.05) is 55.5 Å². The molecule has 1 aliphatic heterocycles. The van der Waals surface area contributed by atoms with Gasteiger partial charge in [0.05, 0.1) is 17.6 Å². The highest BCUT2D eigenvalue weighted by Crippen LogP contribution is 2.36. The predicted octanol–water partition coefficient (Wildman–Crippen LogP) is 2.13. The van der Waals surface area contributed by atoms with Gasteiger partial charge >= 0.3 is 0 Å². The summed E-state index contributed by atoms with van der Waals surface area (Å²) in [5, 5.41) is 10.6. The van der Waals surface area contributed by atoms with Gasteiger partial charge < -0.3 is 9.90 Å². The average molecular weight is 348 g/mol. The van der Waals surface area contributed by atoms with Crippen molar-refractivity contribution in [1.29, 1.82) is 0 Å². The number of nitrogens with zero attached hydrogens (tertiary/aromatic N) is 1. The molecule has 0 N–H and O–H groups in total. The SMILES string of the molecule is C[C@H](c1ccccc1)[C@H]1CC(=O)N(c2cccc(/C=C/C(=O)[O-])c2)C1=O. The Hall–Kier alpha value is -3.21. The Balaban J connectivity index is 1.86. The van der Waals surface area contributed by atoms with E-state index in [1.165, 1.54) is 11.0 Å². The third kappa shape index (κ3) is 3.57. The largest absolute Gasteiger partial charge is 0.545 e. The van der Waals surface area contributed by atoms with Gasteiger partial charge in [-0.3, -0.25) is 14.5 Å². The monoisotopic (exact) mass is 348 g/mol. The van der Waals surface area contributed by atoms with Crippen LogP contribution in [-0.2, 0) is 14.4 Å². The number of benzene rings is 2. The molecule has 2 atom stereocenters. The Morgan fingerprint density at radius 2 is 1.88 bits per heavy atom. The van der Waals surface area contributed by atoms with Gasteiger partial charge in [-0.05, 0) is 35.3 Å². The molecule has 2 aromatic rings. The molecule has 1 aliphatic rings. The molecule has 26 heavy (non-hydrogen) atoms. The van der Waals surface area contributed by atoms with Crippen LogP contribution in [0.2, 0.25) is 0 Å². The summed E-state index contributed by atoms with van der Waals surface area (Å²) in [7, 11) is 0. The second-order valence-electron chi connectivity index (χ2n) is 6.32. The van der Waals surface area contributed by atoms with E-state index in [4.69, 9.17) is 0 Å². The van der Waals surface area contributed by atoms with Crippen LogP contribution in [0.5, 0.6) is 0 Å². The van der Waals surface area contributed by atoms with Gasteiger partial charge in [0.1, 0.15) is 0 Å². The van der Waals surface area contributed by atoms with E-state index in [1.807, 2.05) is 37.3 Å². The van der Waals surface area contributed by atoms with E-state index in [0.29, 0.717) is 11.3 Å². The van der Waals surface area contributed by atoms with E-state index in [1.54, 1.807) is 24.3 Å². The molecule has 1 fully saturated rings. The molecular weight excluding hydrogens is 330 g/mol. The third-order valence-electron chi connectivity index (χ3n) is 4.65. The van der Waals surface area contributed by atoms with Crippen LogP contribution in [0, 0.1) is 5.92 Å². The zero-order chi connectivity index (χ0) is 18.7. The highest BCUT2D eigenvalue weighted by atomic mass is 16.4. The van der Waals surface area contributed by atoms with Crippen molar-refractivity contribution in [1.82, 2.24) is 0 Å². The number of carboxylic acids is 1. The molecular formula is C21H18NO4-. The van der Waals surface area contributed by atoms with Crippen molar-refractivity contribution in [3.05, 3.63) is 71.8 Å². The van der Waals surface area contributed by atoms with Gasteiger partial charge in [0.25, 0.3) is 0 Å². The first-order valence-electron chi connectivity index (χ1n) is 8.38. The third-order valence-corrected chi connectivity index (χ3v) is 4.65. The van der Waals surface area contributed by atoms with Crippen LogP contribution >= 0.6 is 0 Å². The molecule has 1 heterocycles. The molecule has 132 valence electrons. The first kappa shape index (κ1) is 17.6. The first-order valence-corrected chi connectivity index (χ1v) is 8.38. The lowest BCUT2D eigenvalue weighted by Crippen LogP contribution is -2.31. The average Bonchev–Trinajstić information content (AvgIpc) is 2.94. The molecule has 3 rings (SSSR count). The summed E-state index contributed by atoms with van der Waals surface area (Å²) in [5.74, 6) is -2.26. The van der Waals surface area contributed by atoms with Crippen LogP contribution in [0.25, 0.3) is 6.08 Å². The molecule has 0 saturated carbocycles. The minimum Gasteiger partial charge on any atom is -0.545 e. The summed E-state index contributed by atoms with van der Waals surface area (Å²) in [4.78, 5) is 37.1. The number of carbonyl (C=O) groups excluding carboxylic acids is 3. The van der Waals surface area contributed by atoms with E-state index in [9.17, 15) is 19.5 Å². The summed E-state index contributed by atoms with van der Waals surface area (Å²) in [6, 6.07) is 16.3. The molecule has 0 bridgehead atoms. The number of carbonyl (C=O) groups is 3. The lowest BCUT2D eigenvalue weighted by atomic mass is 9.86. The number of rotatable bonds is 5. The summed E-state index contributed by atoms with van der Waals surface area (Å²) in [5.41, 5.74) is 2.04. The second-order valence-corrected chi connectivity index (χ2v) is 6.32. The van der Waals surface area contributed by atoms with Crippen molar-refractivity contribution < 1.29 is 19.5 Å². The fraction of sp³-hybridized carbons (Fsp3) is 0.190. The van der Waals surface area contributed by atoms with Crippen LogP contribution in [0.4, 0.5) is 5.69 Å². The number of aliphatic carboxylic acids is 1. The number of hydrogen-bond acceptors (Lipinski definition) is 4. The van der Waals surface area contributed by atoms with Crippen molar-refractivity contribution in [3.8, 4) is 0 Å². The van der Waals surface area contributed by atoms with Crippen LogP contribution < -0.4 is 10.0 Å². The summed E-state index contributed by atoms with van der Waals surface area (Å²) in [6.45, 7) is 1.95. The fourth-order valence-corrected chi connectivity index (χ4v) is 3.24. The molecule has 5 heteroatoms. The van der Waals surface area contributed by atoms with E-state index in [2.05, 4.69) is 0 Å². The fourth-order valence-electron chi connectivity index (χ4n) is 3.24. The zero-order valence-electron chi connectivity index (χ0n) is 14.3.